The molecule has 3 aliphatic rings. The molecule has 4 amide bonds. The third-order valence-corrected chi connectivity index (χ3v) is 9.96. The molecular formula is C33H39F2N6O15P. The Morgan fingerprint density at radius 3 is 2.49 bits per heavy atom. The second-order valence-electron chi connectivity index (χ2n) is 13.5. The quantitative estimate of drug-likeness (QED) is 0.156. The zero-order valence-electron chi connectivity index (χ0n) is 30.7. The van der Waals surface area contributed by atoms with Crippen LogP contribution in [0.2, 0.25) is 0 Å². The Balaban J connectivity index is 1.38. The van der Waals surface area contributed by atoms with Crippen LogP contribution in [0.25, 0.3) is 0 Å². The summed E-state index contributed by atoms with van der Waals surface area (Å²) in [7, 11) is -3.81. The predicted octanol–water partition coefficient (Wildman–Crippen LogP) is 1.77. The zero-order valence-corrected chi connectivity index (χ0v) is 31.6. The van der Waals surface area contributed by atoms with Crippen LogP contribution in [-0.4, -0.2) is 128 Å². The summed E-state index contributed by atoms with van der Waals surface area (Å²) in [5.41, 5.74) is -2.26. The van der Waals surface area contributed by atoms with Crippen LogP contribution in [0.1, 0.15) is 65.6 Å². The van der Waals surface area contributed by atoms with Crippen molar-refractivity contribution < 1.29 is 75.8 Å². The third-order valence-electron chi connectivity index (χ3n) is 9.51. The van der Waals surface area contributed by atoms with Crippen molar-refractivity contribution in [3.05, 3.63) is 63.1 Å². The van der Waals surface area contributed by atoms with Crippen LogP contribution in [-0.2, 0) is 34.7 Å². The van der Waals surface area contributed by atoms with E-state index in [9.17, 15) is 47.2 Å². The van der Waals surface area contributed by atoms with Crippen molar-refractivity contribution in [1.82, 2.24) is 24.6 Å². The minimum absolute atomic E-state index is 0.0817. The number of ether oxygens (including phenoxy) is 3. The second kappa shape index (κ2) is 17.2. The Hall–Kier alpha value is -5.64. The molecule has 3 atom stereocenters. The second-order valence-corrected chi connectivity index (χ2v) is 14.7. The minimum Gasteiger partial charge on any atom is -0.480 e. The number of benzene rings is 1. The van der Waals surface area contributed by atoms with Gasteiger partial charge in [-0.3, -0.25) is 24.1 Å². The first-order valence-corrected chi connectivity index (χ1v) is 18.7. The number of hydrogen-bond donors (Lipinski definition) is 4. The molecule has 57 heavy (non-hydrogen) atoms. The van der Waals surface area contributed by atoms with E-state index < -0.39 is 111 Å². The maximum Gasteiger partial charge on any atom is 0.472 e. The molecule has 24 heteroatoms. The number of carbonyl (C=O) groups is 5. The van der Waals surface area contributed by atoms with Gasteiger partial charge in [0.2, 0.25) is 24.8 Å². The number of fused-ring (bicyclic) bond motifs is 5. The van der Waals surface area contributed by atoms with Gasteiger partial charge in [-0.1, -0.05) is 11.2 Å². The number of carboxylic acids is 1. The highest BCUT2D eigenvalue weighted by Crippen LogP contribution is 2.46. The van der Waals surface area contributed by atoms with Crippen molar-refractivity contribution in [2.24, 2.45) is 5.16 Å². The molecule has 0 radical (unpaired) electrons. The molecule has 0 aliphatic carbocycles. The largest absolute Gasteiger partial charge is 0.480 e. The highest BCUT2D eigenvalue weighted by Gasteiger charge is 2.54. The lowest BCUT2D eigenvalue weighted by molar-refractivity contribution is -0.138. The summed E-state index contributed by atoms with van der Waals surface area (Å²) in [6, 6.07) is 1.72. The number of aromatic nitrogens is 1. The van der Waals surface area contributed by atoms with Gasteiger partial charge in [-0.05, 0) is 32.8 Å². The van der Waals surface area contributed by atoms with Crippen LogP contribution < -0.4 is 15.5 Å². The van der Waals surface area contributed by atoms with Gasteiger partial charge in [-0.15, -0.1) is 0 Å². The molecule has 4 heterocycles. The number of likely N-dealkylation sites (N-methyl/N-ethyl adjacent to an activating group) is 1. The number of nitrogens with one attached hydrogen (secondary N) is 1. The Kier molecular flexibility index (Phi) is 12.9. The molecule has 310 valence electrons. The van der Waals surface area contributed by atoms with Gasteiger partial charge in [0.25, 0.3) is 11.8 Å². The Morgan fingerprint density at radius 1 is 1.12 bits per heavy atom. The third kappa shape index (κ3) is 9.85. The highest BCUT2D eigenvalue weighted by atomic mass is 31.2. The van der Waals surface area contributed by atoms with Crippen LogP contribution in [0.15, 0.2) is 34.3 Å². The summed E-state index contributed by atoms with van der Waals surface area (Å²) < 4.78 is 59.5. The maximum atomic E-state index is 14.4. The molecule has 5 rings (SSSR count). The van der Waals surface area contributed by atoms with E-state index >= 15 is 0 Å². The summed E-state index contributed by atoms with van der Waals surface area (Å²) in [6.07, 6.45) is 0.0474. The van der Waals surface area contributed by atoms with Crippen molar-refractivity contribution in [2.45, 2.75) is 57.3 Å². The zero-order chi connectivity index (χ0) is 41.8. The van der Waals surface area contributed by atoms with E-state index in [4.69, 9.17) is 24.1 Å². The molecule has 0 unspecified atom stereocenters. The normalized spacial score (nSPS) is 19.8. The smallest absolute Gasteiger partial charge is 0.472 e. The Labute approximate surface area is 321 Å². The summed E-state index contributed by atoms with van der Waals surface area (Å²) in [5, 5.41) is 15.8. The van der Waals surface area contributed by atoms with Gasteiger partial charge in [0.15, 0.2) is 11.3 Å². The van der Waals surface area contributed by atoms with Gasteiger partial charge in [0, 0.05) is 63.5 Å². The number of phosphoric ester groups is 1. The summed E-state index contributed by atoms with van der Waals surface area (Å²) in [5.74, 6) is -5.54. The number of rotatable bonds is 14. The van der Waals surface area contributed by atoms with E-state index in [1.165, 1.54) is 17.8 Å². The standard InChI is InChI=1S/C33H39F2N6O15P/c1-18-11-33(56-37-18)7-6-19(2)40-14-24(33)41-13-22(29(45)36-12-20-4-5-21(34)10-23(20)35)27(44)28(26(41)30(40)46)52-16-53-31(47)38(3)8-9-39(15-25(42)43)32(48)54-17-55-57(49,50)51/h4-5,10,13,19,24H,6-9,11-12,14-17H2,1-3H3,(H,36,45)(H,42,43)(H2,49,50,51)/t19-,24+,33-/m0/s1. The van der Waals surface area contributed by atoms with Crippen molar-refractivity contribution in [3.63, 3.8) is 0 Å². The summed E-state index contributed by atoms with van der Waals surface area (Å²) >= 11 is 0. The Bertz CT molecular complexity index is 2080. The fraction of sp³-hybridized carbons (Fsp3) is 0.485. The van der Waals surface area contributed by atoms with Crippen LogP contribution in [0.3, 0.4) is 0 Å². The Morgan fingerprint density at radius 2 is 1.84 bits per heavy atom. The van der Waals surface area contributed by atoms with Crippen LogP contribution >= 0.6 is 7.82 Å². The fourth-order valence-corrected chi connectivity index (χ4v) is 6.78. The molecular weight excluding hydrogens is 789 g/mol. The number of amides is 4. The summed E-state index contributed by atoms with van der Waals surface area (Å²) in [6.45, 7) is -0.698. The molecule has 1 fully saturated rings. The number of aliphatic carboxylic acids is 1. The van der Waals surface area contributed by atoms with Gasteiger partial charge in [-0.25, -0.2) is 27.5 Å². The number of nitrogens with zero attached hydrogens (tertiary/aromatic N) is 5. The molecule has 2 bridgehead atoms. The lowest BCUT2D eigenvalue weighted by Crippen LogP contribution is -2.52. The lowest BCUT2D eigenvalue weighted by Gasteiger charge is -2.42. The number of carboxylic acid groups (broad SMARTS) is 1. The molecule has 3 aliphatic heterocycles. The predicted molar refractivity (Wildman–Crippen MR) is 187 cm³/mol. The number of oxime groups is 1. The van der Waals surface area contributed by atoms with E-state index in [1.807, 2.05) is 6.92 Å². The molecule has 21 nitrogen and oxygen atoms in total. The average Bonchev–Trinajstić information content (AvgIpc) is 3.46. The fourth-order valence-electron chi connectivity index (χ4n) is 6.59. The molecule has 2 aromatic rings. The SMILES string of the molecule is CC1=NO[C@@]2(CC[C@H](C)N3C[C@H]2n2cc(C(=O)NCc4ccc(F)cc4F)c(=O)c(OCOC(=O)N(C)CCN(CC(=O)O)C(=O)OCOP(=O)(O)O)c2C3=O)C1. The van der Waals surface area contributed by atoms with Crippen molar-refractivity contribution in [1.29, 1.82) is 0 Å². The first-order chi connectivity index (χ1) is 26.8. The van der Waals surface area contributed by atoms with E-state index in [-0.39, 0.29) is 30.4 Å². The van der Waals surface area contributed by atoms with Crippen LogP contribution in [0.4, 0.5) is 18.4 Å². The highest BCUT2D eigenvalue weighted by molar-refractivity contribution is 7.46. The molecule has 1 aromatic heterocycles. The van der Waals surface area contributed by atoms with E-state index in [1.54, 1.807) is 11.8 Å². The average molecular weight is 829 g/mol. The van der Waals surface area contributed by atoms with Gasteiger partial charge in [0.05, 0.1) is 11.8 Å². The first kappa shape index (κ1) is 42.5. The summed E-state index contributed by atoms with van der Waals surface area (Å²) in [4.78, 5) is 105. The lowest BCUT2D eigenvalue weighted by atomic mass is 9.84. The van der Waals surface area contributed by atoms with Gasteiger partial charge in [-0.2, -0.15) is 0 Å². The van der Waals surface area contributed by atoms with E-state index in [0.717, 1.165) is 17.0 Å². The topological polar surface area (TPSA) is 265 Å². The van der Waals surface area contributed by atoms with E-state index in [2.05, 4.69) is 19.7 Å². The first-order valence-electron chi connectivity index (χ1n) is 17.2. The molecule has 4 N–H and O–H groups in total. The number of phosphoric acid groups is 1. The molecule has 1 spiro atoms. The number of hydrogen-bond acceptors (Lipinski definition) is 13. The van der Waals surface area contributed by atoms with E-state index in [0.29, 0.717) is 35.9 Å². The van der Waals surface area contributed by atoms with Crippen LogP contribution in [0, 0.1) is 11.6 Å². The number of halogens is 2. The maximum absolute atomic E-state index is 14.4. The van der Waals surface area contributed by atoms with Crippen molar-refractivity contribution >= 4 is 43.5 Å². The molecule has 1 aromatic carbocycles. The molecule has 1 saturated heterocycles. The van der Waals surface area contributed by atoms with Crippen molar-refractivity contribution in [2.75, 3.05) is 46.8 Å². The monoisotopic (exact) mass is 828 g/mol. The number of carbonyl (C=O) groups excluding carboxylic acids is 4. The minimum atomic E-state index is -5.00. The van der Waals surface area contributed by atoms with Gasteiger partial charge < -0.3 is 53.6 Å². The van der Waals surface area contributed by atoms with Gasteiger partial charge >= 0.3 is 26.0 Å². The van der Waals surface area contributed by atoms with Crippen LogP contribution in [0.5, 0.6) is 5.75 Å². The van der Waals surface area contributed by atoms with Gasteiger partial charge in [0.1, 0.15) is 23.7 Å². The number of pyridine rings is 1. The van der Waals surface area contributed by atoms with Crippen molar-refractivity contribution in [3.8, 4) is 5.75 Å². The molecule has 0 saturated carbocycles.